The fourth-order valence-corrected chi connectivity index (χ4v) is 6.72. The minimum absolute atomic E-state index is 0.320. The molecule has 2 aliphatic carbocycles. The number of benzene rings is 2. The molecule has 0 amide bonds. The topological polar surface area (TPSA) is 17.1 Å². The van der Waals surface area contributed by atoms with Gasteiger partial charge in [0.25, 0.3) is 0 Å². The number of ketones is 1. The average molecular weight is 459 g/mol. The molecule has 0 radical (unpaired) electrons. The van der Waals surface area contributed by atoms with Gasteiger partial charge in [-0.05, 0) is 97.3 Å². The summed E-state index contributed by atoms with van der Waals surface area (Å²) in [6, 6.07) is 17.9. The predicted molar refractivity (Wildman–Crippen MR) is 145 cm³/mol. The van der Waals surface area contributed by atoms with Crippen LogP contribution in [0.2, 0.25) is 0 Å². The summed E-state index contributed by atoms with van der Waals surface area (Å²) < 4.78 is 0. The van der Waals surface area contributed by atoms with Crippen molar-refractivity contribution in [2.75, 3.05) is 0 Å². The molecule has 184 valence electrons. The van der Waals surface area contributed by atoms with E-state index in [0.29, 0.717) is 18.6 Å². The van der Waals surface area contributed by atoms with E-state index in [2.05, 4.69) is 62.4 Å². The van der Waals surface area contributed by atoms with E-state index in [0.717, 1.165) is 34.8 Å². The van der Waals surface area contributed by atoms with E-state index in [1.165, 1.54) is 88.2 Å². The van der Waals surface area contributed by atoms with Crippen LogP contribution < -0.4 is 0 Å². The van der Waals surface area contributed by atoms with E-state index in [-0.39, 0.29) is 0 Å². The lowest BCUT2D eigenvalue weighted by atomic mass is 9.77. The molecule has 0 aromatic heterocycles. The summed E-state index contributed by atoms with van der Waals surface area (Å²) in [5, 5.41) is 0. The highest BCUT2D eigenvalue weighted by atomic mass is 16.1. The number of Topliss-reactive ketones (excluding diaryl/α,β-unsaturated/α-hetero) is 1. The third-order valence-electron chi connectivity index (χ3n) is 8.79. The molecule has 0 atom stereocenters. The zero-order chi connectivity index (χ0) is 23.8. The van der Waals surface area contributed by atoms with Crippen LogP contribution in [0.1, 0.15) is 125 Å². The van der Waals surface area contributed by atoms with E-state index in [4.69, 9.17) is 0 Å². The largest absolute Gasteiger partial charge is 0.299 e. The lowest BCUT2D eigenvalue weighted by Gasteiger charge is -2.28. The fourth-order valence-electron chi connectivity index (χ4n) is 6.72. The number of rotatable bonds is 10. The average Bonchev–Trinajstić information content (AvgIpc) is 2.86. The summed E-state index contributed by atoms with van der Waals surface area (Å²) in [6.45, 7) is 4.61. The molecular weight excluding hydrogens is 412 g/mol. The molecule has 4 rings (SSSR count). The molecule has 0 bridgehead atoms. The summed E-state index contributed by atoms with van der Waals surface area (Å²) in [4.78, 5) is 12.8. The first-order valence-corrected chi connectivity index (χ1v) is 14.3. The molecule has 0 saturated heterocycles. The van der Waals surface area contributed by atoms with Gasteiger partial charge in [-0.15, -0.1) is 0 Å². The van der Waals surface area contributed by atoms with Gasteiger partial charge in [-0.2, -0.15) is 0 Å². The second-order valence-corrected chi connectivity index (χ2v) is 11.4. The standard InChI is InChI=1S/C33H46O/c1-3-5-25-7-15-29(16-8-25)31-19-11-27(12-20-31)23-33(34)24-28-13-21-32(22-14-28)30-17-9-26(6-4-2)10-18-30/h11-14,19-22,25-26,29-30H,3-10,15-18,23-24H2,1-2H3. The van der Waals surface area contributed by atoms with Crippen LogP contribution in [-0.4, -0.2) is 5.78 Å². The van der Waals surface area contributed by atoms with Crippen LogP contribution in [0.25, 0.3) is 0 Å². The first-order chi connectivity index (χ1) is 16.6. The molecule has 0 aliphatic heterocycles. The zero-order valence-electron chi connectivity index (χ0n) is 21.7. The van der Waals surface area contributed by atoms with Gasteiger partial charge in [-0.25, -0.2) is 0 Å². The van der Waals surface area contributed by atoms with Gasteiger partial charge in [0.2, 0.25) is 0 Å². The van der Waals surface area contributed by atoms with Crippen LogP contribution in [-0.2, 0) is 17.6 Å². The minimum Gasteiger partial charge on any atom is -0.299 e. The van der Waals surface area contributed by atoms with E-state index in [9.17, 15) is 4.79 Å². The van der Waals surface area contributed by atoms with Gasteiger partial charge in [0.05, 0.1) is 0 Å². The Balaban J connectivity index is 1.23. The molecule has 34 heavy (non-hydrogen) atoms. The van der Waals surface area contributed by atoms with E-state index in [1.54, 1.807) is 0 Å². The summed E-state index contributed by atoms with van der Waals surface area (Å²) in [5.41, 5.74) is 5.28. The summed E-state index contributed by atoms with van der Waals surface area (Å²) in [6.07, 6.45) is 17.4. The van der Waals surface area contributed by atoms with Crippen molar-refractivity contribution in [3.63, 3.8) is 0 Å². The van der Waals surface area contributed by atoms with Crippen LogP contribution >= 0.6 is 0 Å². The Morgan fingerprint density at radius 1 is 0.588 bits per heavy atom. The van der Waals surface area contributed by atoms with Gasteiger partial charge >= 0.3 is 0 Å². The maximum atomic E-state index is 12.8. The molecule has 2 aliphatic rings. The van der Waals surface area contributed by atoms with Crippen LogP contribution in [0.5, 0.6) is 0 Å². The fraction of sp³-hybridized carbons (Fsp3) is 0.606. The Hall–Kier alpha value is -1.89. The zero-order valence-corrected chi connectivity index (χ0v) is 21.7. The van der Waals surface area contributed by atoms with E-state index in [1.807, 2.05) is 0 Å². The Morgan fingerprint density at radius 3 is 1.26 bits per heavy atom. The van der Waals surface area contributed by atoms with Gasteiger partial charge in [-0.1, -0.05) is 88.1 Å². The first-order valence-electron chi connectivity index (χ1n) is 14.3. The highest BCUT2D eigenvalue weighted by Gasteiger charge is 2.23. The SMILES string of the molecule is CCCC1CCC(c2ccc(CC(=O)Cc3ccc(C4CCC(CCC)CC4)cc3)cc2)CC1. The second kappa shape index (κ2) is 12.7. The van der Waals surface area contributed by atoms with Gasteiger partial charge < -0.3 is 0 Å². The molecule has 0 N–H and O–H groups in total. The Bertz CT molecular complexity index is 788. The highest BCUT2D eigenvalue weighted by Crippen LogP contribution is 2.38. The van der Waals surface area contributed by atoms with Gasteiger partial charge in [0.15, 0.2) is 0 Å². The monoisotopic (exact) mass is 458 g/mol. The quantitative estimate of drug-likeness (QED) is 0.347. The van der Waals surface area contributed by atoms with Crippen molar-refractivity contribution in [3.8, 4) is 0 Å². The van der Waals surface area contributed by atoms with Crippen LogP contribution in [0, 0.1) is 11.8 Å². The van der Waals surface area contributed by atoms with Crippen molar-refractivity contribution in [1.82, 2.24) is 0 Å². The van der Waals surface area contributed by atoms with Crippen molar-refractivity contribution in [2.45, 2.75) is 116 Å². The minimum atomic E-state index is 0.320. The highest BCUT2D eigenvalue weighted by molar-refractivity contribution is 5.83. The smallest absolute Gasteiger partial charge is 0.141 e. The van der Waals surface area contributed by atoms with Crippen molar-refractivity contribution in [1.29, 1.82) is 0 Å². The molecule has 1 nitrogen and oxygen atoms in total. The number of carbonyl (C=O) groups excluding carboxylic acids is 1. The molecular formula is C33H46O. The van der Waals surface area contributed by atoms with Gasteiger partial charge in [0, 0.05) is 12.8 Å². The number of hydrogen-bond donors (Lipinski definition) is 0. The molecule has 0 spiro atoms. The third-order valence-corrected chi connectivity index (χ3v) is 8.79. The lowest BCUT2D eigenvalue weighted by molar-refractivity contribution is -0.117. The third kappa shape index (κ3) is 7.06. The summed E-state index contributed by atoms with van der Waals surface area (Å²) >= 11 is 0. The second-order valence-electron chi connectivity index (χ2n) is 11.4. The van der Waals surface area contributed by atoms with Crippen molar-refractivity contribution in [2.24, 2.45) is 11.8 Å². The molecule has 2 aromatic carbocycles. The van der Waals surface area contributed by atoms with Crippen LogP contribution in [0.15, 0.2) is 48.5 Å². The van der Waals surface area contributed by atoms with Crippen molar-refractivity contribution in [3.05, 3.63) is 70.8 Å². The van der Waals surface area contributed by atoms with Gasteiger partial charge in [0.1, 0.15) is 5.78 Å². The predicted octanol–water partition coefficient (Wildman–Crippen LogP) is 9.19. The Morgan fingerprint density at radius 2 is 0.941 bits per heavy atom. The maximum absolute atomic E-state index is 12.8. The molecule has 2 aromatic rings. The number of hydrogen-bond acceptors (Lipinski definition) is 1. The molecule has 1 heteroatoms. The summed E-state index contributed by atoms with van der Waals surface area (Å²) in [5.74, 6) is 3.66. The Kier molecular flexibility index (Phi) is 9.42. The summed E-state index contributed by atoms with van der Waals surface area (Å²) in [7, 11) is 0. The first kappa shape index (κ1) is 25.2. The number of carbonyl (C=O) groups is 1. The molecule has 0 heterocycles. The van der Waals surface area contributed by atoms with Gasteiger partial charge in [-0.3, -0.25) is 4.79 Å². The van der Waals surface area contributed by atoms with Crippen LogP contribution in [0.3, 0.4) is 0 Å². The van der Waals surface area contributed by atoms with Crippen molar-refractivity contribution < 1.29 is 4.79 Å². The lowest BCUT2D eigenvalue weighted by Crippen LogP contribution is -2.13. The molecule has 2 fully saturated rings. The van der Waals surface area contributed by atoms with E-state index >= 15 is 0 Å². The van der Waals surface area contributed by atoms with Crippen molar-refractivity contribution >= 4 is 5.78 Å². The van der Waals surface area contributed by atoms with E-state index < -0.39 is 0 Å². The maximum Gasteiger partial charge on any atom is 0.141 e. The van der Waals surface area contributed by atoms with Crippen LogP contribution in [0.4, 0.5) is 0 Å². The molecule has 2 saturated carbocycles. The normalized spacial score (nSPS) is 25.2. The Labute approximate surface area is 208 Å². The molecule has 0 unspecified atom stereocenters.